The molecule has 0 atom stereocenters. The van der Waals surface area contributed by atoms with Crippen LogP contribution in [0.2, 0.25) is 0 Å². The number of fused-ring (bicyclic) bond motifs is 10. The smallest absolute Gasteiger partial charge is 0.194 e. The molecule has 0 aliphatic carbocycles. The van der Waals surface area contributed by atoms with Gasteiger partial charge in [0.1, 0.15) is 0 Å². The van der Waals surface area contributed by atoms with Gasteiger partial charge >= 0.3 is 0 Å². The third kappa shape index (κ3) is 2.42. The van der Waals surface area contributed by atoms with Crippen LogP contribution in [-0.4, -0.2) is 0 Å². The lowest BCUT2D eigenvalue weighted by Crippen LogP contribution is -2.09. The predicted octanol–water partition coefficient (Wildman–Crippen LogP) is 10.8. The van der Waals surface area contributed by atoms with Crippen LogP contribution >= 0.6 is 0 Å². The average molecular weight is 581 g/mol. The first-order valence-electron chi connectivity index (χ1n) is 15.8. The third-order valence-electron chi connectivity index (χ3n) is 10.9. The van der Waals surface area contributed by atoms with Gasteiger partial charge in [-0.1, -0.05) is 97.1 Å². The van der Waals surface area contributed by atoms with Gasteiger partial charge in [-0.05, 0) is 88.9 Å². The first-order valence-corrected chi connectivity index (χ1v) is 15.8. The highest BCUT2D eigenvalue weighted by atomic mass is 16.1. The summed E-state index contributed by atoms with van der Waals surface area (Å²) in [5.74, 6) is 0. The average Bonchev–Trinajstić information content (AvgIpc) is 3.11. The highest BCUT2D eigenvalue weighted by Crippen LogP contribution is 2.54. The van der Waals surface area contributed by atoms with Gasteiger partial charge in [0.2, 0.25) is 0 Å². The highest BCUT2D eigenvalue weighted by molar-refractivity contribution is 6.55. The van der Waals surface area contributed by atoms with Crippen molar-refractivity contribution in [1.29, 1.82) is 0 Å². The van der Waals surface area contributed by atoms with Crippen LogP contribution in [0, 0.1) is 0 Å². The number of hydrogen-bond donors (Lipinski definition) is 0. The van der Waals surface area contributed by atoms with E-state index in [0.29, 0.717) is 0 Å². The summed E-state index contributed by atoms with van der Waals surface area (Å²) in [6, 6.07) is 42.0. The molecule has 0 radical (unpaired) electrons. The zero-order valence-corrected chi connectivity index (χ0v) is 24.4. The molecule has 0 unspecified atom stereocenters. The van der Waals surface area contributed by atoms with Crippen molar-refractivity contribution in [2.24, 2.45) is 0 Å². The van der Waals surface area contributed by atoms with Gasteiger partial charge in [0.15, 0.2) is 10.9 Å². The summed E-state index contributed by atoms with van der Waals surface area (Å²) in [7, 11) is 0. The zero-order valence-electron chi connectivity index (χ0n) is 24.4. The van der Waals surface area contributed by atoms with E-state index < -0.39 is 0 Å². The maximum Gasteiger partial charge on any atom is 0.194 e. The quantitative estimate of drug-likeness (QED) is 0.132. The summed E-state index contributed by atoms with van der Waals surface area (Å²) < 4.78 is 0. The van der Waals surface area contributed by atoms with Gasteiger partial charge in [0, 0.05) is 53.9 Å². The predicted molar refractivity (Wildman–Crippen MR) is 196 cm³/mol. The molecular weight excluding hydrogens is 560 g/mol. The fourth-order valence-corrected chi connectivity index (χ4v) is 9.22. The van der Waals surface area contributed by atoms with Crippen molar-refractivity contribution in [1.82, 2.24) is 0 Å². The molecule has 0 amide bonds. The molecule has 12 aromatic carbocycles. The molecule has 0 N–H and O–H groups in total. The van der Waals surface area contributed by atoms with E-state index in [2.05, 4.69) is 97.1 Å². The summed E-state index contributed by atoms with van der Waals surface area (Å²) in [6.07, 6.45) is 0. The van der Waals surface area contributed by atoms with E-state index in [4.69, 9.17) is 0 Å². The van der Waals surface area contributed by atoms with Crippen molar-refractivity contribution in [2.75, 3.05) is 0 Å². The second-order valence-corrected chi connectivity index (χ2v) is 13.0. The second kappa shape index (κ2) is 7.56. The molecule has 0 aliphatic heterocycles. The molecule has 0 heterocycles. The van der Waals surface area contributed by atoms with E-state index in [-0.39, 0.29) is 10.9 Å². The van der Waals surface area contributed by atoms with Crippen molar-refractivity contribution >= 4 is 118 Å². The lowest BCUT2D eigenvalue weighted by Gasteiger charge is -2.25. The van der Waals surface area contributed by atoms with Gasteiger partial charge in [-0.3, -0.25) is 9.59 Å². The standard InChI is InChI=1S/C44H20O2/c45-43-29-17-21-9-1-5-13-25(21)33-34-26-14-6-2-10-22(26)19-31-38(34)42-40-32(44(31)46)20-24-12-4-8-16-28(24)36(40)35-27-15-7-3-11-23(27)18-30(43)39(35)41(42)37(29)33/h1-20H. The third-order valence-corrected chi connectivity index (χ3v) is 10.9. The molecule has 46 heavy (non-hydrogen) atoms. The van der Waals surface area contributed by atoms with E-state index in [1.807, 2.05) is 24.3 Å². The van der Waals surface area contributed by atoms with Gasteiger partial charge < -0.3 is 0 Å². The molecule has 12 aromatic rings. The summed E-state index contributed by atoms with van der Waals surface area (Å²) >= 11 is 0. The minimum atomic E-state index is 0.0630. The Bertz CT molecular complexity index is 3000. The molecule has 0 aliphatic rings. The van der Waals surface area contributed by atoms with E-state index in [1.54, 1.807) is 0 Å². The monoisotopic (exact) mass is 580 g/mol. The van der Waals surface area contributed by atoms with E-state index in [0.717, 1.165) is 118 Å². The summed E-state index contributed by atoms with van der Waals surface area (Å²) in [5, 5.41) is 22.0. The second-order valence-electron chi connectivity index (χ2n) is 13.0. The fraction of sp³-hybridized carbons (Fsp3) is 0. The Morgan fingerprint density at radius 1 is 0.239 bits per heavy atom. The Labute approximate surface area is 259 Å². The molecule has 0 saturated heterocycles. The molecule has 2 nitrogen and oxygen atoms in total. The number of rotatable bonds is 0. The Hall–Kier alpha value is -6.12. The molecule has 208 valence electrons. The van der Waals surface area contributed by atoms with Crippen LogP contribution in [-0.2, 0) is 0 Å². The molecular formula is C44H20O2. The van der Waals surface area contributed by atoms with Gasteiger partial charge in [0.05, 0.1) is 0 Å². The topological polar surface area (TPSA) is 34.1 Å². The first kappa shape index (κ1) is 23.3. The molecule has 2 heteroatoms. The largest absolute Gasteiger partial charge is 0.289 e. The maximum atomic E-state index is 14.9. The maximum absolute atomic E-state index is 14.9. The number of hydrogen-bond acceptors (Lipinski definition) is 2. The van der Waals surface area contributed by atoms with Crippen molar-refractivity contribution in [2.45, 2.75) is 0 Å². The molecule has 0 saturated carbocycles. The van der Waals surface area contributed by atoms with Crippen molar-refractivity contribution < 1.29 is 0 Å². The number of benzene rings is 12. The highest BCUT2D eigenvalue weighted by Gasteiger charge is 2.29. The summed E-state index contributed by atoms with van der Waals surface area (Å²) in [4.78, 5) is 29.8. The minimum Gasteiger partial charge on any atom is -0.289 e. The van der Waals surface area contributed by atoms with Gasteiger partial charge in [0.25, 0.3) is 0 Å². The lowest BCUT2D eigenvalue weighted by atomic mass is 9.77. The summed E-state index contributed by atoms with van der Waals surface area (Å²) in [6.45, 7) is 0. The van der Waals surface area contributed by atoms with Crippen molar-refractivity contribution in [3.8, 4) is 0 Å². The first-order chi connectivity index (χ1) is 22.7. The van der Waals surface area contributed by atoms with Crippen LogP contribution in [0.1, 0.15) is 0 Å². The Morgan fingerprint density at radius 3 is 0.717 bits per heavy atom. The van der Waals surface area contributed by atoms with Crippen LogP contribution in [0.4, 0.5) is 0 Å². The van der Waals surface area contributed by atoms with Gasteiger partial charge in [-0.2, -0.15) is 0 Å². The van der Waals surface area contributed by atoms with Crippen LogP contribution in [0.3, 0.4) is 0 Å². The van der Waals surface area contributed by atoms with Gasteiger partial charge in [-0.25, -0.2) is 0 Å². The van der Waals surface area contributed by atoms with Crippen molar-refractivity contribution in [3.63, 3.8) is 0 Å². The Morgan fingerprint density at radius 2 is 0.457 bits per heavy atom. The molecule has 0 fully saturated rings. The van der Waals surface area contributed by atoms with Crippen LogP contribution in [0.5, 0.6) is 0 Å². The molecule has 12 rings (SSSR count). The molecule has 0 spiro atoms. The molecule has 0 aromatic heterocycles. The SMILES string of the molecule is O=c1c2cc3ccccc3c3c2c2c4c1cc1ccccc1c4c1c4ccccc4cc4c(=O)c5cc6ccccc6c3c5c2c41. The Kier molecular flexibility index (Phi) is 3.83. The van der Waals surface area contributed by atoms with Crippen LogP contribution in [0.25, 0.3) is 118 Å². The summed E-state index contributed by atoms with van der Waals surface area (Å²) in [5.41, 5.74) is 0.126. The molecule has 0 bridgehead atoms. The van der Waals surface area contributed by atoms with E-state index in [9.17, 15) is 9.59 Å². The minimum absolute atomic E-state index is 0.0630. The fourth-order valence-electron chi connectivity index (χ4n) is 9.22. The van der Waals surface area contributed by atoms with E-state index >= 15 is 0 Å². The lowest BCUT2D eigenvalue weighted by molar-refractivity contribution is 1.75. The van der Waals surface area contributed by atoms with E-state index in [1.165, 1.54) is 0 Å². The normalized spacial score (nSPS) is 13.0. The van der Waals surface area contributed by atoms with Crippen molar-refractivity contribution in [3.05, 3.63) is 142 Å². The Balaban J connectivity index is 1.64. The van der Waals surface area contributed by atoms with Crippen LogP contribution in [0.15, 0.2) is 131 Å². The van der Waals surface area contributed by atoms with Gasteiger partial charge in [-0.15, -0.1) is 0 Å². The zero-order chi connectivity index (χ0) is 30.0. The van der Waals surface area contributed by atoms with Crippen LogP contribution < -0.4 is 10.9 Å².